The molecule has 0 amide bonds. The largest absolute Gasteiger partial charge is 0.0995 e. The predicted octanol–water partition coefficient (Wildman–Crippen LogP) is 9.46. The highest BCUT2D eigenvalue weighted by atomic mass is 14.6. The van der Waals surface area contributed by atoms with Crippen LogP contribution in [0.2, 0.25) is 0 Å². The van der Waals surface area contributed by atoms with Crippen molar-refractivity contribution < 1.29 is 0 Å². The van der Waals surface area contributed by atoms with Crippen LogP contribution in [0.1, 0.15) is 85.5 Å². The van der Waals surface area contributed by atoms with Gasteiger partial charge in [-0.25, -0.2) is 0 Å². The summed E-state index contributed by atoms with van der Waals surface area (Å²) in [6.07, 6.45) is 11.6. The van der Waals surface area contributed by atoms with Crippen molar-refractivity contribution in [1.29, 1.82) is 0 Å². The summed E-state index contributed by atoms with van der Waals surface area (Å²) in [5, 5.41) is 0. The summed E-state index contributed by atoms with van der Waals surface area (Å²) in [5.41, 5.74) is 15.6. The maximum atomic E-state index is 4.49. The first-order valence-corrected chi connectivity index (χ1v) is 13.5. The summed E-state index contributed by atoms with van der Waals surface area (Å²) >= 11 is 0. The van der Waals surface area contributed by atoms with Crippen molar-refractivity contribution in [3.63, 3.8) is 0 Å². The van der Waals surface area contributed by atoms with Gasteiger partial charge in [0.1, 0.15) is 0 Å². The lowest BCUT2D eigenvalue weighted by molar-refractivity contribution is 0.133. The van der Waals surface area contributed by atoms with Crippen LogP contribution in [0.5, 0.6) is 0 Å². The van der Waals surface area contributed by atoms with Gasteiger partial charge in [0.25, 0.3) is 0 Å². The van der Waals surface area contributed by atoms with Gasteiger partial charge >= 0.3 is 0 Å². The highest BCUT2D eigenvalue weighted by molar-refractivity contribution is 5.57. The van der Waals surface area contributed by atoms with Gasteiger partial charge in [-0.1, -0.05) is 59.8 Å². The van der Waals surface area contributed by atoms with Crippen molar-refractivity contribution in [2.45, 2.75) is 85.5 Å². The normalized spacial score (nSPS) is 35.5. The second-order valence-electron chi connectivity index (χ2n) is 12.1. The van der Waals surface area contributed by atoms with Crippen LogP contribution in [-0.4, -0.2) is 0 Å². The molecule has 33 heavy (non-hydrogen) atoms. The van der Waals surface area contributed by atoms with Crippen molar-refractivity contribution in [3.05, 3.63) is 82.0 Å². The number of hydrogen-bond acceptors (Lipinski definition) is 0. The first-order valence-electron chi connectivity index (χ1n) is 13.5. The second kappa shape index (κ2) is 8.44. The molecule has 5 rings (SSSR count). The minimum Gasteiger partial charge on any atom is -0.0995 e. The molecule has 0 heteroatoms. The second-order valence-corrected chi connectivity index (χ2v) is 12.1. The van der Waals surface area contributed by atoms with Gasteiger partial charge in [-0.15, -0.1) is 0 Å². The summed E-state index contributed by atoms with van der Waals surface area (Å²) in [5.74, 6) is 4.06. The summed E-state index contributed by atoms with van der Waals surface area (Å²) in [6, 6.07) is 0. The molecule has 0 aromatic rings. The minimum absolute atomic E-state index is 0.535. The molecule has 5 aliphatic rings. The van der Waals surface area contributed by atoms with Crippen LogP contribution >= 0.6 is 0 Å². The Morgan fingerprint density at radius 2 is 1.27 bits per heavy atom. The molecule has 0 aromatic heterocycles. The molecule has 2 fully saturated rings. The Balaban J connectivity index is 1.74. The number of rotatable bonds is 4. The average Bonchev–Trinajstić information content (AvgIpc) is 2.97. The van der Waals surface area contributed by atoms with Crippen LogP contribution in [0.3, 0.4) is 0 Å². The summed E-state index contributed by atoms with van der Waals surface area (Å²) < 4.78 is 0. The monoisotopic (exact) mass is 440 g/mol. The maximum absolute atomic E-state index is 4.49. The molecule has 6 atom stereocenters. The van der Waals surface area contributed by atoms with Crippen molar-refractivity contribution in [2.24, 2.45) is 35.5 Å². The van der Waals surface area contributed by atoms with E-state index in [1.165, 1.54) is 80.1 Å². The Kier molecular flexibility index (Phi) is 5.87. The third kappa shape index (κ3) is 3.46. The van der Waals surface area contributed by atoms with E-state index >= 15 is 0 Å². The number of fused-ring (bicyclic) bond motifs is 2. The van der Waals surface area contributed by atoms with Gasteiger partial charge in [-0.05, 0) is 131 Å². The molecule has 0 bridgehead atoms. The minimum atomic E-state index is 0.535. The predicted molar refractivity (Wildman–Crippen MR) is 143 cm³/mol. The fraction of sp³-hybridized carbons (Fsp3) is 0.576. The van der Waals surface area contributed by atoms with E-state index in [4.69, 9.17) is 0 Å². The van der Waals surface area contributed by atoms with Crippen molar-refractivity contribution in [3.8, 4) is 0 Å². The smallest absolute Gasteiger partial charge is 0.00485 e. The van der Waals surface area contributed by atoms with E-state index < -0.39 is 0 Å². The lowest BCUT2D eigenvalue weighted by Crippen LogP contribution is -2.45. The van der Waals surface area contributed by atoms with Gasteiger partial charge < -0.3 is 0 Å². The third-order valence-electron chi connectivity index (χ3n) is 9.98. The molecular weight excluding hydrogens is 396 g/mol. The van der Waals surface area contributed by atoms with Gasteiger partial charge in [0.05, 0.1) is 0 Å². The number of hydrogen-bond donors (Lipinski definition) is 0. The molecule has 0 radical (unpaired) electrons. The fourth-order valence-corrected chi connectivity index (χ4v) is 8.81. The molecule has 0 N–H and O–H groups in total. The number of allylic oxidation sites excluding steroid dienone is 10. The fourth-order valence-electron chi connectivity index (χ4n) is 8.81. The van der Waals surface area contributed by atoms with Gasteiger partial charge in [0.15, 0.2) is 0 Å². The highest BCUT2D eigenvalue weighted by Gasteiger charge is 2.53. The van der Waals surface area contributed by atoms with Crippen LogP contribution in [0.4, 0.5) is 0 Å². The molecule has 0 nitrogen and oxygen atoms in total. The van der Waals surface area contributed by atoms with E-state index in [-0.39, 0.29) is 0 Å². The van der Waals surface area contributed by atoms with Crippen molar-refractivity contribution in [2.75, 3.05) is 0 Å². The van der Waals surface area contributed by atoms with Crippen LogP contribution in [0, 0.1) is 35.5 Å². The Hall–Kier alpha value is -1.82. The van der Waals surface area contributed by atoms with Gasteiger partial charge in [-0.2, -0.15) is 0 Å². The SMILES string of the molecule is C=C(C)C1=C2C3=C(CC1)C1CCC(C(=C)C)C4=C(C(=C)C)CCCC(C3CCC2C(=C)C)C41. The maximum Gasteiger partial charge on any atom is 0.00485 e. The molecule has 6 unspecified atom stereocenters. The van der Waals surface area contributed by atoms with E-state index in [0.29, 0.717) is 17.8 Å². The first-order chi connectivity index (χ1) is 15.7. The van der Waals surface area contributed by atoms with Crippen LogP contribution < -0.4 is 0 Å². The van der Waals surface area contributed by atoms with Crippen LogP contribution in [0.15, 0.2) is 82.0 Å². The van der Waals surface area contributed by atoms with E-state index in [0.717, 1.165) is 17.8 Å². The zero-order valence-electron chi connectivity index (χ0n) is 21.7. The Morgan fingerprint density at radius 1 is 0.636 bits per heavy atom. The molecule has 0 saturated heterocycles. The van der Waals surface area contributed by atoms with E-state index in [2.05, 4.69) is 54.0 Å². The van der Waals surface area contributed by atoms with E-state index in [9.17, 15) is 0 Å². The quantitative estimate of drug-likeness (QED) is 0.382. The third-order valence-corrected chi connectivity index (χ3v) is 9.98. The molecule has 2 saturated carbocycles. The van der Waals surface area contributed by atoms with Crippen molar-refractivity contribution in [1.82, 2.24) is 0 Å². The van der Waals surface area contributed by atoms with E-state index in [1.54, 1.807) is 27.9 Å². The van der Waals surface area contributed by atoms with Crippen LogP contribution in [0.25, 0.3) is 0 Å². The molecular formula is C33H44. The summed E-state index contributed by atoms with van der Waals surface area (Å²) in [7, 11) is 0. The standard InChI is InChI=1S/C33H44/c1-18(2)22-10-9-11-26-27-15-12-24(20(5)6)31-25(21(7)8)14-17-29(33(27)31)28-16-13-23(19(3)4)30(22)32(26)28/h23-24,26-28,32H,1,3,5,7,9-17H2,2,4,6,8H3. The molecule has 0 spiro atoms. The molecule has 0 aliphatic heterocycles. The summed E-state index contributed by atoms with van der Waals surface area (Å²) in [6.45, 7) is 26.9. The molecule has 5 aliphatic carbocycles. The van der Waals surface area contributed by atoms with Gasteiger partial charge in [0, 0.05) is 11.8 Å². The van der Waals surface area contributed by atoms with E-state index in [1.807, 2.05) is 5.57 Å². The topological polar surface area (TPSA) is 0 Å². The molecule has 176 valence electrons. The molecule has 0 aromatic carbocycles. The zero-order chi connectivity index (χ0) is 23.6. The van der Waals surface area contributed by atoms with Crippen molar-refractivity contribution >= 4 is 0 Å². The Bertz CT molecular complexity index is 1030. The van der Waals surface area contributed by atoms with Crippen LogP contribution in [-0.2, 0) is 0 Å². The van der Waals surface area contributed by atoms with Gasteiger partial charge in [0.2, 0.25) is 0 Å². The first kappa shape index (κ1) is 22.9. The average molecular weight is 441 g/mol. The Labute approximate surface area is 203 Å². The highest BCUT2D eigenvalue weighted by Crippen LogP contribution is 2.64. The molecule has 0 heterocycles. The zero-order valence-corrected chi connectivity index (χ0v) is 21.7. The summed E-state index contributed by atoms with van der Waals surface area (Å²) in [4.78, 5) is 0. The van der Waals surface area contributed by atoms with Gasteiger partial charge in [-0.3, -0.25) is 0 Å². The Morgan fingerprint density at radius 3 is 1.91 bits per heavy atom. The lowest BCUT2D eigenvalue weighted by atomic mass is 9.49. The lowest BCUT2D eigenvalue weighted by Gasteiger charge is -2.55.